The molecule has 1 amide bonds. The van der Waals surface area contributed by atoms with E-state index in [2.05, 4.69) is 10.0 Å². The third-order valence-corrected chi connectivity index (χ3v) is 10.0. The van der Waals surface area contributed by atoms with Crippen LogP contribution in [-0.2, 0) is 31.0 Å². The number of methoxy groups -OCH3 is 2. The van der Waals surface area contributed by atoms with Crippen molar-refractivity contribution in [3.05, 3.63) is 101 Å². The van der Waals surface area contributed by atoms with Gasteiger partial charge in [0.1, 0.15) is 6.54 Å². The van der Waals surface area contributed by atoms with Gasteiger partial charge in [-0.05, 0) is 73.7 Å². The first-order valence-electron chi connectivity index (χ1n) is 13.2. The predicted octanol–water partition coefficient (Wildman–Crippen LogP) is 6.32. The number of carbonyl (C=O) groups excluding carboxylic acids is 1. The number of amides is 1. The van der Waals surface area contributed by atoms with Crippen LogP contribution in [0.15, 0.2) is 94.7 Å². The molecule has 10 nitrogen and oxygen atoms in total. The van der Waals surface area contributed by atoms with Crippen LogP contribution >= 0.6 is 11.6 Å². The van der Waals surface area contributed by atoms with Gasteiger partial charge < -0.3 is 14.8 Å². The summed E-state index contributed by atoms with van der Waals surface area (Å²) in [4.78, 5) is 12.7. The second-order valence-corrected chi connectivity index (χ2v) is 13.7. The summed E-state index contributed by atoms with van der Waals surface area (Å²) in [6, 6.07) is 17.8. The Labute approximate surface area is 268 Å². The van der Waals surface area contributed by atoms with E-state index in [1.54, 1.807) is 24.3 Å². The Morgan fingerprint density at radius 2 is 1.39 bits per heavy atom. The number of hydrogen-bond acceptors (Lipinski definition) is 7. The van der Waals surface area contributed by atoms with Crippen LogP contribution in [0.25, 0.3) is 0 Å². The topological polar surface area (TPSA) is 131 Å². The molecule has 2 N–H and O–H groups in total. The van der Waals surface area contributed by atoms with E-state index in [9.17, 15) is 34.8 Å². The van der Waals surface area contributed by atoms with E-state index in [0.29, 0.717) is 11.8 Å². The number of alkyl halides is 3. The summed E-state index contributed by atoms with van der Waals surface area (Å²) >= 11 is 5.60. The summed E-state index contributed by atoms with van der Waals surface area (Å²) in [7, 11) is -5.89. The number of nitrogens with one attached hydrogen (secondary N) is 2. The van der Waals surface area contributed by atoms with Crippen molar-refractivity contribution in [2.75, 3.05) is 35.1 Å². The molecule has 0 saturated heterocycles. The van der Waals surface area contributed by atoms with Crippen molar-refractivity contribution >= 4 is 54.6 Å². The van der Waals surface area contributed by atoms with Crippen molar-refractivity contribution in [1.82, 2.24) is 0 Å². The zero-order valence-electron chi connectivity index (χ0n) is 24.4. The molecule has 0 spiro atoms. The first-order valence-corrected chi connectivity index (χ1v) is 16.5. The molecule has 0 bridgehead atoms. The van der Waals surface area contributed by atoms with Crippen molar-refractivity contribution in [3.63, 3.8) is 0 Å². The van der Waals surface area contributed by atoms with Gasteiger partial charge in [0.25, 0.3) is 20.0 Å². The van der Waals surface area contributed by atoms with E-state index in [-0.39, 0.29) is 32.6 Å². The van der Waals surface area contributed by atoms with Crippen LogP contribution in [0.2, 0.25) is 5.02 Å². The number of hydrogen-bond donors (Lipinski definition) is 2. The minimum absolute atomic E-state index is 0.127. The SMILES string of the molecule is COc1ccc(S(=O)(=O)N(CC(=O)Nc2ccc(S(=O)(=O)Nc3ccc(Cl)c(C(F)(F)F)c3)cc2)c2ccc(C)cc2)cc1OC. The zero-order chi connectivity index (χ0) is 33.9. The molecule has 0 fully saturated rings. The molecule has 0 aliphatic rings. The Morgan fingerprint density at radius 3 is 1.98 bits per heavy atom. The second kappa shape index (κ2) is 13.5. The van der Waals surface area contributed by atoms with Gasteiger partial charge >= 0.3 is 6.18 Å². The first-order chi connectivity index (χ1) is 21.5. The summed E-state index contributed by atoms with van der Waals surface area (Å²) in [5, 5.41) is 1.94. The maximum absolute atomic E-state index is 13.8. The second-order valence-electron chi connectivity index (χ2n) is 9.73. The predicted molar refractivity (Wildman–Crippen MR) is 168 cm³/mol. The van der Waals surface area contributed by atoms with E-state index < -0.39 is 49.3 Å². The summed E-state index contributed by atoms with van der Waals surface area (Å²) in [6.45, 7) is 1.16. The van der Waals surface area contributed by atoms with E-state index in [4.69, 9.17) is 21.1 Å². The lowest BCUT2D eigenvalue weighted by molar-refractivity contribution is -0.137. The van der Waals surface area contributed by atoms with Gasteiger partial charge in [-0.15, -0.1) is 0 Å². The Hall–Kier alpha value is -4.47. The highest BCUT2D eigenvalue weighted by molar-refractivity contribution is 7.93. The molecule has 0 atom stereocenters. The Morgan fingerprint density at radius 1 is 0.804 bits per heavy atom. The molecule has 4 aromatic carbocycles. The molecule has 4 rings (SSSR count). The highest BCUT2D eigenvalue weighted by Crippen LogP contribution is 2.37. The smallest absolute Gasteiger partial charge is 0.417 e. The van der Waals surface area contributed by atoms with Crippen LogP contribution in [0.4, 0.5) is 30.2 Å². The lowest BCUT2D eigenvalue weighted by atomic mass is 10.2. The Kier molecular flexibility index (Phi) is 10.1. The number of rotatable bonds is 11. The van der Waals surface area contributed by atoms with Gasteiger partial charge in [0.05, 0.1) is 40.3 Å². The Bertz CT molecular complexity index is 1960. The number of anilines is 3. The molecule has 0 saturated carbocycles. The third kappa shape index (κ3) is 7.84. The lowest BCUT2D eigenvalue weighted by Gasteiger charge is -2.24. The quantitative estimate of drug-likeness (QED) is 0.188. The highest BCUT2D eigenvalue weighted by atomic mass is 35.5. The van der Waals surface area contributed by atoms with Gasteiger partial charge in [-0.2, -0.15) is 13.2 Å². The number of aryl methyl sites for hydroxylation is 1. The summed E-state index contributed by atoms with van der Waals surface area (Å²) in [6.07, 6.45) is -4.80. The molecule has 0 heterocycles. The molecule has 244 valence electrons. The van der Waals surface area contributed by atoms with Crippen LogP contribution in [0.1, 0.15) is 11.1 Å². The molecule has 16 heteroatoms. The van der Waals surface area contributed by atoms with Gasteiger partial charge in [0, 0.05) is 17.4 Å². The molecule has 0 aromatic heterocycles. The van der Waals surface area contributed by atoms with Crippen molar-refractivity contribution in [1.29, 1.82) is 0 Å². The van der Waals surface area contributed by atoms with Gasteiger partial charge in [-0.25, -0.2) is 16.8 Å². The van der Waals surface area contributed by atoms with Crippen molar-refractivity contribution in [3.8, 4) is 11.5 Å². The summed E-state index contributed by atoms with van der Waals surface area (Å²) < 4.78 is 106. The fourth-order valence-corrected chi connectivity index (χ4v) is 6.91. The molecule has 0 aliphatic heterocycles. The number of benzene rings is 4. The minimum atomic E-state index is -4.80. The van der Waals surface area contributed by atoms with E-state index in [1.807, 2.05) is 6.92 Å². The van der Waals surface area contributed by atoms with E-state index in [0.717, 1.165) is 34.1 Å². The van der Waals surface area contributed by atoms with Crippen LogP contribution in [0, 0.1) is 6.92 Å². The van der Waals surface area contributed by atoms with Crippen LogP contribution in [0.5, 0.6) is 11.5 Å². The number of halogens is 4. The molecule has 0 aliphatic carbocycles. The van der Waals surface area contributed by atoms with Crippen molar-refractivity contribution in [2.24, 2.45) is 0 Å². The maximum atomic E-state index is 13.8. The number of carbonyl (C=O) groups is 1. The van der Waals surface area contributed by atoms with Crippen LogP contribution in [0.3, 0.4) is 0 Å². The average molecular weight is 698 g/mol. The molecule has 0 unspecified atom stereocenters. The van der Waals surface area contributed by atoms with Crippen molar-refractivity contribution < 1.29 is 44.3 Å². The molecule has 4 aromatic rings. The van der Waals surface area contributed by atoms with Gasteiger partial charge in [-0.3, -0.25) is 13.8 Å². The normalized spacial score (nSPS) is 11.9. The van der Waals surface area contributed by atoms with Gasteiger partial charge in [-0.1, -0.05) is 29.3 Å². The van der Waals surface area contributed by atoms with Gasteiger partial charge in [0.2, 0.25) is 5.91 Å². The van der Waals surface area contributed by atoms with Crippen LogP contribution in [-0.4, -0.2) is 43.5 Å². The standard InChI is InChI=1S/C30H27ClF3N3O7S2/c1-19-4-9-22(10-5-19)37(46(41,42)24-13-15-27(43-2)28(17-24)44-3)18-29(38)35-20-6-11-23(12-7-20)45(39,40)36-21-8-14-26(31)25(16-21)30(32,33)34/h4-17,36H,18H2,1-3H3,(H,35,38). The summed E-state index contributed by atoms with van der Waals surface area (Å²) in [5.74, 6) is -0.279. The molecule has 0 radical (unpaired) electrons. The summed E-state index contributed by atoms with van der Waals surface area (Å²) in [5.41, 5.74) is -0.375. The fourth-order valence-electron chi connectivity index (χ4n) is 4.20. The fraction of sp³-hybridized carbons (Fsp3) is 0.167. The lowest BCUT2D eigenvalue weighted by Crippen LogP contribution is -2.38. The molecule has 46 heavy (non-hydrogen) atoms. The zero-order valence-corrected chi connectivity index (χ0v) is 26.8. The third-order valence-electron chi connectivity index (χ3n) is 6.52. The molecular weight excluding hydrogens is 671 g/mol. The number of nitrogens with zero attached hydrogens (tertiary/aromatic N) is 1. The molecular formula is C30H27ClF3N3O7S2. The Balaban J connectivity index is 1.55. The maximum Gasteiger partial charge on any atom is 0.417 e. The monoisotopic (exact) mass is 697 g/mol. The van der Waals surface area contributed by atoms with E-state index >= 15 is 0 Å². The highest BCUT2D eigenvalue weighted by Gasteiger charge is 2.34. The van der Waals surface area contributed by atoms with E-state index in [1.165, 1.54) is 44.6 Å². The van der Waals surface area contributed by atoms with Crippen LogP contribution < -0.4 is 23.8 Å². The minimum Gasteiger partial charge on any atom is -0.493 e. The number of ether oxygens (including phenoxy) is 2. The van der Waals surface area contributed by atoms with Gasteiger partial charge in [0.15, 0.2) is 11.5 Å². The van der Waals surface area contributed by atoms with Crippen molar-refractivity contribution in [2.45, 2.75) is 22.9 Å². The number of sulfonamides is 2. The first kappa shape index (κ1) is 34.4. The average Bonchev–Trinajstić information content (AvgIpc) is 3.00. The largest absolute Gasteiger partial charge is 0.493 e.